The molecule has 3 heteroatoms. The van der Waals surface area contributed by atoms with Gasteiger partial charge in [-0.1, -0.05) is 155 Å². The molecular formula is C58H44N2S. The molecule has 292 valence electrons. The molecule has 0 amide bonds. The lowest BCUT2D eigenvalue weighted by Crippen LogP contribution is -2.31. The maximum Gasteiger partial charge on any atom is 0.0601 e. The van der Waals surface area contributed by atoms with Crippen molar-refractivity contribution in [2.24, 2.45) is 0 Å². The zero-order valence-electron chi connectivity index (χ0n) is 34.9. The van der Waals surface area contributed by atoms with E-state index in [4.69, 9.17) is 0 Å². The molecule has 13 rings (SSSR count). The molecule has 0 radical (unpaired) electrons. The third-order valence-corrected chi connectivity index (χ3v) is 16.0. The summed E-state index contributed by atoms with van der Waals surface area (Å²) in [4.78, 5) is 7.65. The monoisotopic (exact) mass is 800 g/mol. The van der Waals surface area contributed by atoms with E-state index in [9.17, 15) is 0 Å². The fraction of sp³-hybridized carbons (Fsp3) is 0.138. The first-order valence-electron chi connectivity index (χ1n) is 21.9. The SMILES string of the molecule is CCC1(CC)c2ccccc2-c2cc3c(cc21)N(c1ccc2c4cccc5c(N6c7ccccc7Sc7ccccc76)ccc(c6cccc1c62)c54)c1ccccc1C3(C)C. The van der Waals surface area contributed by atoms with Crippen LogP contribution < -0.4 is 9.80 Å². The first-order valence-corrected chi connectivity index (χ1v) is 22.7. The molecule has 2 nitrogen and oxygen atoms in total. The molecule has 0 spiro atoms. The minimum atomic E-state index is -0.192. The van der Waals surface area contributed by atoms with E-state index in [1.807, 2.05) is 11.8 Å². The highest BCUT2D eigenvalue weighted by Gasteiger charge is 2.45. The average Bonchev–Trinajstić information content (AvgIpc) is 3.58. The van der Waals surface area contributed by atoms with Crippen LogP contribution in [0.1, 0.15) is 62.8 Å². The molecule has 0 atom stereocenters. The molecule has 10 aromatic rings. The van der Waals surface area contributed by atoms with Gasteiger partial charge in [0.05, 0.1) is 34.1 Å². The minimum absolute atomic E-state index is 0.0217. The summed E-state index contributed by atoms with van der Waals surface area (Å²) < 4.78 is 0. The second-order valence-corrected chi connectivity index (χ2v) is 18.9. The van der Waals surface area contributed by atoms with E-state index in [1.165, 1.54) is 120 Å². The van der Waals surface area contributed by atoms with Crippen molar-refractivity contribution < 1.29 is 0 Å². The van der Waals surface area contributed by atoms with Gasteiger partial charge in [0.15, 0.2) is 0 Å². The molecule has 0 saturated carbocycles. The Morgan fingerprint density at radius 2 is 0.869 bits per heavy atom. The van der Waals surface area contributed by atoms with E-state index in [-0.39, 0.29) is 10.8 Å². The number of hydrogen-bond donors (Lipinski definition) is 0. The van der Waals surface area contributed by atoms with Gasteiger partial charge in [-0.25, -0.2) is 0 Å². The molecule has 0 saturated heterocycles. The van der Waals surface area contributed by atoms with Crippen molar-refractivity contribution in [2.75, 3.05) is 9.80 Å². The maximum absolute atomic E-state index is 2.61. The van der Waals surface area contributed by atoms with Gasteiger partial charge in [0, 0.05) is 31.4 Å². The molecule has 0 bridgehead atoms. The topological polar surface area (TPSA) is 6.48 Å². The van der Waals surface area contributed by atoms with Crippen molar-refractivity contribution >= 4 is 89.0 Å². The van der Waals surface area contributed by atoms with Gasteiger partial charge in [0.2, 0.25) is 0 Å². The van der Waals surface area contributed by atoms with Crippen LogP contribution in [-0.4, -0.2) is 0 Å². The van der Waals surface area contributed by atoms with Crippen LogP contribution in [0.15, 0.2) is 180 Å². The molecule has 2 heterocycles. The summed E-state index contributed by atoms with van der Waals surface area (Å²) in [5, 5.41) is 10.4. The predicted octanol–water partition coefficient (Wildman–Crippen LogP) is 16.9. The van der Waals surface area contributed by atoms with Gasteiger partial charge in [-0.3, -0.25) is 0 Å². The number of para-hydroxylation sites is 3. The van der Waals surface area contributed by atoms with Crippen LogP contribution in [0.2, 0.25) is 0 Å². The van der Waals surface area contributed by atoms with Gasteiger partial charge < -0.3 is 9.80 Å². The first-order chi connectivity index (χ1) is 29.9. The Balaban J connectivity index is 1.07. The van der Waals surface area contributed by atoms with Crippen LogP contribution in [0, 0.1) is 0 Å². The molecule has 0 unspecified atom stereocenters. The van der Waals surface area contributed by atoms with E-state index < -0.39 is 0 Å². The number of benzene rings is 10. The molecule has 0 fully saturated rings. The van der Waals surface area contributed by atoms with Crippen LogP contribution in [-0.2, 0) is 10.8 Å². The normalized spacial score (nSPS) is 15.5. The molecule has 0 aromatic heterocycles. The Kier molecular flexibility index (Phi) is 7.22. The summed E-state index contributed by atoms with van der Waals surface area (Å²) >= 11 is 1.86. The fourth-order valence-electron chi connectivity index (χ4n) is 12.0. The molecule has 1 aliphatic carbocycles. The van der Waals surface area contributed by atoms with E-state index in [2.05, 4.69) is 207 Å². The van der Waals surface area contributed by atoms with E-state index in [0.717, 1.165) is 12.8 Å². The van der Waals surface area contributed by atoms with Crippen molar-refractivity contribution in [3.63, 3.8) is 0 Å². The maximum atomic E-state index is 2.61. The smallest absolute Gasteiger partial charge is 0.0601 e. The highest BCUT2D eigenvalue weighted by Crippen LogP contribution is 2.60. The molecule has 3 aliphatic rings. The molecule has 0 N–H and O–H groups in total. The van der Waals surface area contributed by atoms with Crippen LogP contribution in [0.25, 0.3) is 54.2 Å². The Bertz CT molecular complexity index is 3420. The summed E-state index contributed by atoms with van der Waals surface area (Å²) in [7, 11) is 0. The van der Waals surface area contributed by atoms with Gasteiger partial charge in [0.25, 0.3) is 0 Å². The summed E-state index contributed by atoms with van der Waals surface area (Å²) in [6, 6.07) is 64.7. The molecular weight excluding hydrogens is 757 g/mol. The van der Waals surface area contributed by atoms with Crippen LogP contribution >= 0.6 is 11.8 Å². The van der Waals surface area contributed by atoms with Crippen LogP contribution in [0.4, 0.5) is 34.1 Å². The summed E-state index contributed by atoms with van der Waals surface area (Å²) in [5.41, 5.74) is 15.7. The lowest BCUT2D eigenvalue weighted by molar-refractivity contribution is 0.490. The molecule has 61 heavy (non-hydrogen) atoms. The lowest BCUT2D eigenvalue weighted by Gasteiger charge is -2.43. The van der Waals surface area contributed by atoms with Gasteiger partial charge in [-0.05, 0) is 133 Å². The van der Waals surface area contributed by atoms with Crippen LogP contribution in [0.5, 0.6) is 0 Å². The standard InChI is InChI=1S/C58H44N2S/c1-5-58(6-2)43-22-8-7-17-35(43)42-33-46-52(34-45(42)58)59(49-24-10-9-23-44(49)57(46,3)4)47-31-29-38-37-19-16-21-41-48(32-30-39(56(37)41)36-18-15-20-40(47)55(36)38)60-50-25-11-13-27-53(50)61-54-28-14-12-26-51(54)60/h7-34H,5-6H2,1-4H3. The van der Waals surface area contributed by atoms with Crippen molar-refractivity contribution in [1.29, 1.82) is 0 Å². The van der Waals surface area contributed by atoms with Crippen molar-refractivity contribution in [1.82, 2.24) is 0 Å². The second-order valence-electron chi connectivity index (χ2n) is 17.8. The molecule has 10 aromatic carbocycles. The van der Waals surface area contributed by atoms with Gasteiger partial charge in [-0.15, -0.1) is 0 Å². The molecule has 2 aliphatic heterocycles. The first kappa shape index (κ1) is 35.2. The zero-order valence-corrected chi connectivity index (χ0v) is 35.7. The Labute approximate surface area is 361 Å². The highest BCUT2D eigenvalue weighted by atomic mass is 32.2. The quantitative estimate of drug-likeness (QED) is 0.129. The van der Waals surface area contributed by atoms with Crippen molar-refractivity contribution in [2.45, 2.75) is 61.2 Å². The third kappa shape index (κ3) is 4.49. The summed E-state index contributed by atoms with van der Waals surface area (Å²) in [6.45, 7) is 9.60. The Hall–Kier alpha value is -6.55. The van der Waals surface area contributed by atoms with E-state index in [1.54, 1.807) is 0 Å². The van der Waals surface area contributed by atoms with Crippen molar-refractivity contribution in [3.8, 4) is 11.1 Å². The number of fused-ring (bicyclic) bond motifs is 9. The highest BCUT2D eigenvalue weighted by molar-refractivity contribution is 7.99. The number of hydrogen-bond acceptors (Lipinski definition) is 3. The lowest BCUT2D eigenvalue weighted by atomic mass is 9.70. The number of rotatable bonds is 4. The third-order valence-electron chi connectivity index (χ3n) is 14.9. The zero-order chi connectivity index (χ0) is 40.8. The largest absolute Gasteiger partial charge is 0.309 e. The summed E-state index contributed by atoms with van der Waals surface area (Å²) in [5.74, 6) is 0. The Morgan fingerprint density at radius 1 is 0.377 bits per heavy atom. The van der Waals surface area contributed by atoms with Gasteiger partial charge in [-0.2, -0.15) is 0 Å². The number of nitrogens with zero attached hydrogens (tertiary/aromatic N) is 2. The van der Waals surface area contributed by atoms with Gasteiger partial charge >= 0.3 is 0 Å². The van der Waals surface area contributed by atoms with Crippen molar-refractivity contribution in [3.05, 3.63) is 192 Å². The van der Waals surface area contributed by atoms with E-state index >= 15 is 0 Å². The summed E-state index contributed by atoms with van der Waals surface area (Å²) in [6.07, 6.45) is 2.13. The minimum Gasteiger partial charge on any atom is -0.309 e. The fourth-order valence-corrected chi connectivity index (χ4v) is 13.0. The Morgan fingerprint density at radius 3 is 1.48 bits per heavy atom. The van der Waals surface area contributed by atoms with Gasteiger partial charge in [0.1, 0.15) is 0 Å². The van der Waals surface area contributed by atoms with Crippen LogP contribution in [0.3, 0.4) is 0 Å². The van der Waals surface area contributed by atoms with E-state index in [0.29, 0.717) is 0 Å². The predicted molar refractivity (Wildman–Crippen MR) is 260 cm³/mol. The second kappa shape index (κ2) is 12.5. The average molecular weight is 801 g/mol. The number of anilines is 6.